The van der Waals surface area contributed by atoms with Gasteiger partial charge in [-0.3, -0.25) is 4.79 Å². The van der Waals surface area contributed by atoms with Crippen molar-refractivity contribution in [1.29, 1.82) is 0 Å². The van der Waals surface area contributed by atoms with Gasteiger partial charge in [-0.15, -0.1) is 0 Å². The van der Waals surface area contributed by atoms with E-state index in [2.05, 4.69) is 6.92 Å². The van der Waals surface area contributed by atoms with E-state index in [9.17, 15) is 4.79 Å². The Morgan fingerprint density at radius 1 is 1.31 bits per heavy atom. The second-order valence-electron chi connectivity index (χ2n) is 5.49. The van der Waals surface area contributed by atoms with E-state index in [0.29, 0.717) is 26.6 Å². The topological polar surface area (TPSA) is 44.8 Å². The third-order valence-electron chi connectivity index (χ3n) is 2.85. The quantitative estimate of drug-likeness (QED) is 0.695. The molecule has 0 unspecified atom stereocenters. The van der Waals surface area contributed by atoms with Crippen molar-refractivity contribution < 1.29 is 19.0 Å². The van der Waals surface area contributed by atoms with Crippen LogP contribution in [0.1, 0.15) is 34.1 Å². The van der Waals surface area contributed by atoms with Gasteiger partial charge in [-0.05, 0) is 27.2 Å². The molecule has 1 fully saturated rings. The Labute approximate surface area is 97.2 Å². The highest BCUT2D eigenvalue weighted by Crippen LogP contribution is 2.28. The van der Waals surface area contributed by atoms with Crippen LogP contribution < -0.4 is 0 Å². The van der Waals surface area contributed by atoms with Gasteiger partial charge in [-0.1, -0.05) is 6.92 Å². The van der Waals surface area contributed by atoms with E-state index < -0.39 is 5.41 Å². The number of carbonyl (C=O) groups excluding carboxylic acids is 1. The zero-order valence-electron chi connectivity index (χ0n) is 10.7. The summed E-state index contributed by atoms with van der Waals surface area (Å²) < 4.78 is 15.9. The molecule has 1 saturated heterocycles. The van der Waals surface area contributed by atoms with Crippen molar-refractivity contribution in [3.63, 3.8) is 0 Å². The Hall–Kier alpha value is -0.610. The van der Waals surface area contributed by atoms with Gasteiger partial charge >= 0.3 is 5.97 Å². The monoisotopic (exact) mass is 230 g/mol. The van der Waals surface area contributed by atoms with Crippen LogP contribution in [0.3, 0.4) is 0 Å². The lowest BCUT2D eigenvalue weighted by Gasteiger charge is -2.35. The Kier molecular flexibility index (Phi) is 4.33. The maximum absolute atomic E-state index is 11.7. The van der Waals surface area contributed by atoms with Gasteiger partial charge in [-0.25, -0.2) is 0 Å². The number of esters is 1. The maximum atomic E-state index is 11.7. The molecule has 0 spiro atoms. The zero-order chi connectivity index (χ0) is 12.2. The fraction of sp³-hybridized carbons (Fsp3) is 0.917. The van der Waals surface area contributed by atoms with Gasteiger partial charge in [-0.2, -0.15) is 0 Å². The lowest BCUT2D eigenvalue weighted by atomic mass is 9.87. The molecular formula is C12H22O4. The smallest absolute Gasteiger partial charge is 0.311 e. The normalized spacial score (nSPS) is 20.5. The van der Waals surface area contributed by atoms with Crippen molar-refractivity contribution in [1.82, 2.24) is 0 Å². The van der Waals surface area contributed by atoms with Crippen molar-refractivity contribution >= 4 is 5.97 Å². The average molecular weight is 230 g/mol. The lowest BCUT2D eigenvalue weighted by molar-refractivity contribution is -0.190. The predicted octanol–water partition coefficient (Wildman–Crippen LogP) is 1.98. The molecule has 0 N–H and O–H groups in total. The Bertz CT molecular complexity index is 236. The highest BCUT2D eigenvalue weighted by atomic mass is 16.7. The number of ether oxygens (including phenoxy) is 3. The highest BCUT2D eigenvalue weighted by Gasteiger charge is 2.35. The van der Waals surface area contributed by atoms with E-state index >= 15 is 0 Å². The van der Waals surface area contributed by atoms with Crippen molar-refractivity contribution in [2.24, 2.45) is 10.8 Å². The van der Waals surface area contributed by atoms with Crippen molar-refractivity contribution in [3.8, 4) is 0 Å². The summed E-state index contributed by atoms with van der Waals surface area (Å²) in [5.74, 6) is -0.175. The molecule has 0 amide bonds. The van der Waals surface area contributed by atoms with E-state index in [0.717, 1.165) is 6.42 Å². The van der Waals surface area contributed by atoms with Gasteiger partial charge in [0.25, 0.3) is 0 Å². The van der Waals surface area contributed by atoms with Gasteiger partial charge in [0, 0.05) is 0 Å². The molecule has 0 aromatic heterocycles. The SMILES string of the molecule is CCC1(COC(=O)C(C)(C)C)COCOC1. The standard InChI is InChI=1S/C12H22O4/c1-5-12(6-14-9-15-7-12)8-16-10(13)11(2,3)4/h5-9H2,1-4H3. The molecule has 1 aliphatic rings. The molecule has 0 saturated carbocycles. The molecule has 4 nitrogen and oxygen atoms in total. The first-order valence-corrected chi connectivity index (χ1v) is 5.72. The predicted molar refractivity (Wildman–Crippen MR) is 59.9 cm³/mol. The molecule has 0 aromatic carbocycles. The second-order valence-corrected chi connectivity index (χ2v) is 5.49. The van der Waals surface area contributed by atoms with Gasteiger partial charge in [0.15, 0.2) is 0 Å². The van der Waals surface area contributed by atoms with Crippen LogP contribution in [0.2, 0.25) is 0 Å². The number of carbonyl (C=O) groups is 1. The summed E-state index contributed by atoms with van der Waals surface area (Å²) in [6.07, 6.45) is 0.879. The minimum absolute atomic E-state index is 0.167. The van der Waals surface area contributed by atoms with Gasteiger partial charge in [0.2, 0.25) is 0 Å². The minimum atomic E-state index is -0.453. The zero-order valence-corrected chi connectivity index (χ0v) is 10.7. The van der Waals surface area contributed by atoms with Crippen LogP contribution in [0.4, 0.5) is 0 Å². The molecule has 1 heterocycles. The summed E-state index contributed by atoms with van der Waals surface area (Å²) >= 11 is 0. The fourth-order valence-electron chi connectivity index (χ4n) is 1.44. The third-order valence-corrected chi connectivity index (χ3v) is 2.85. The molecule has 4 heteroatoms. The number of hydrogen-bond donors (Lipinski definition) is 0. The van der Waals surface area contributed by atoms with Crippen LogP contribution >= 0.6 is 0 Å². The van der Waals surface area contributed by atoms with Crippen LogP contribution in [-0.2, 0) is 19.0 Å². The van der Waals surface area contributed by atoms with Crippen molar-refractivity contribution in [2.75, 3.05) is 26.6 Å². The average Bonchev–Trinajstić information content (AvgIpc) is 2.26. The van der Waals surface area contributed by atoms with E-state index in [-0.39, 0.29) is 11.4 Å². The van der Waals surface area contributed by atoms with Crippen LogP contribution in [0, 0.1) is 10.8 Å². The minimum Gasteiger partial charge on any atom is -0.465 e. The maximum Gasteiger partial charge on any atom is 0.311 e. The Morgan fingerprint density at radius 2 is 1.88 bits per heavy atom. The third kappa shape index (κ3) is 3.46. The summed E-state index contributed by atoms with van der Waals surface area (Å²) in [6.45, 7) is 9.52. The molecule has 0 atom stereocenters. The highest BCUT2D eigenvalue weighted by molar-refractivity contribution is 5.75. The van der Waals surface area contributed by atoms with E-state index in [1.54, 1.807) is 0 Å². The number of rotatable bonds is 3. The summed E-state index contributed by atoms with van der Waals surface area (Å²) in [5.41, 5.74) is -0.621. The Balaban J connectivity index is 2.48. The molecule has 94 valence electrons. The molecule has 1 rings (SSSR count). The molecule has 0 aromatic rings. The van der Waals surface area contributed by atoms with Crippen LogP contribution in [-0.4, -0.2) is 32.6 Å². The van der Waals surface area contributed by atoms with Crippen LogP contribution in [0.25, 0.3) is 0 Å². The largest absolute Gasteiger partial charge is 0.465 e. The van der Waals surface area contributed by atoms with E-state index in [1.165, 1.54) is 0 Å². The van der Waals surface area contributed by atoms with Gasteiger partial charge < -0.3 is 14.2 Å². The fourth-order valence-corrected chi connectivity index (χ4v) is 1.44. The van der Waals surface area contributed by atoms with Crippen molar-refractivity contribution in [3.05, 3.63) is 0 Å². The number of hydrogen-bond acceptors (Lipinski definition) is 4. The molecule has 0 radical (unpaired) electrons. The summed E-state index contributed by atoms with van der Waals surface area (Å²) in [5, 5.41) is 0. The molecule has 16 heavy (non-hydrogen) atoms. The first-order chi connectivity index (χ1) is 7.40. The molecular weight excluding hydrogens is 208 g/mol. The lowest BCUT2D eigenvalue weighted by Crippen LogP contribution is -2.42. The molecule has 0 aliphatic carbocycles. The summed E-state index contributed by atoms with van der Waals surface area (Å²) in [6, 6.07) is 0. The van der Waals surface area contributed by atoms with Crippen molar-refractivity contribution in [2.45, 2.75) is 34.1 Å². The van der Waals surface area contributed by atoms with E-state index in [1.807, 2.05) is 20.8 Å². The summed E-state index contributed by atoms with van der Waals surface area (Å²) in [7, 11) is 0. The van der Waals surface area contributed by atoms with E-state index in [4.69, 9.17) is 14.2 Å². The molecule has 1 aliphatic heterocycles. The van der Waals surface area contributed by atoms with Gasteiger partial charge in [0.05, 0.1) is 24.0 Å². The Morgan fingerprint density at radius 3 is 2.31 bits per heavy atom. The van der Waals surface area contributed by atoms with Gasteiger partial charge in [0.1, 0.15) is 13.4 Å². The summed E-state index contributed by atoms with van der Waals surface area (Å²) in [4.78, 5) is 11.7. The van der Waals surface area contributed by atoms with Crippen LogP contribution in [0.15, 0.2) is 0 Å². The first kappa shape index (κ1) is 13.5. The first-order valence-electron chi connectivity index (χ1n) is 5.72. The second kappa shape index (κ2) is 5.15. The van der Waals surface area contributed by atoms with Crippen LogP contribution in [0.5, 0.6) is 0 Å². The molecule has 0 bridgehead atoms.